The molecule has 1 aromatic rings. The summed E-state index contributed by atoms with van der Waals surface area (Å²) >= 11 is 0. The minimum Gasteiger partial charge on any atom is -0.446 e. The van der Waals surface area contributed by atoms with Gasteiger partial charge >= 0.3 is 6.09 Å². The number of anilines is 1. The Morgan fingerprint density at radius 2 is 2.06 bits per heavy atom. The molecule has 18 heavy (non-hydrogen) atoms. The average Bonchev–Trinajstić information content (AvgIpc) is 2.88. The molecule has 0 radical (unpaired) electrons. The third kappa shape index (κ3) is 1.46. The maximum absolute atomic E-state index is 12.1. The van der Waals surface area contributed by atoms with Crippen LogP contribution in [0.25, 0.3) is 0 Å². The van der Waals surface area contributed by atoms with Crippen LogP contribution in [0.4, 0.5) is 10.5 Å². The van der Waals surface area contributed by atoms with Crippen LogP contribution in [0.3, 0.4) is 0 Å². The van der Waals surface area contributed by atoms with Crippen LogP contribution >= 0.6 is 0 Å². The molecule has 0 unspecified atom stereocenters. The first-order valence-corrected chi connectivity index (χ1v) is 5.59. The Morgan fingerprint density at radius 1 is 1.28 bits per heavy atom. The van der Waals surface area contributed by atoms with Gasteiger partial charge in [0.1, 0.15) is 6.61 Å². The minimum absolute atomic E-state index is 0.212. The van der Waals surface area contributed by atoms with E-state index in [-0.39, 0.29) is 11.6 Å². The number of carbonyl (C=O) groups excluding carboxylic acids is 2. The smallest absolute Gasteiger partial charge is 0.430 e. The highest BCUT2D eigenvalue weighted by Gasteiger charge is 2.33. The monoisotopic (exact) mass is 245 g/mol. The second-order valence-electron chi connectivity index (χ2n) is 4.07. The molecule has 0 aromatic heterocycles. The standard InChI is InChI=1S/C12H11N3O3/c1-14-9-5-3-2-4-8(9)10(11(14)16)13-15-6-7-18-12(15)17/h2-5H,6-7H2,1H3/b13-10-. The lowest BCUT2D eigenvalue weighted by Crippen LogP contribution is -2.28. The van der Waals surface area contributed by atoms with Gasteiger partial charge < -0.3 is 9.64 Å². The number of nitrogens with zero attached hydrogens (tertiary/aromatic N) is 3. The fourth-order valence-corrected chi connectivity index (χ4v) is 2.04. The predicted octanol–water partition coefficient (Wildman–Crippen LogP) is 0.819. The highest BCUT2D eigenvalue weighted by atomic mass is 16.6. The molecule has 92 valence electrons. The summed E-state index contributed by atoms with van der Waals surface area (Å²) < 4.78 is 4.78. The van der Waals surface area contributed by atoms with Crippen molar-refractivity contribution >= 4 is 23.4 Å². The van der Waals surface area contributed by atoms with Gasteiger partial charge in [-0.25, -0.2) is 4.79 Å². The third-order valence-electron chi connectivity index (χ3n) is 2.99. The molecular weight excluding hydrogens is 234 g/mol. The van der Waals surface area contributed by atoms with Crippen molar-refractivity contribution in [2.24, 2.45) is 5.10 Å². The molecule has 6 nitrogen and oxygen atoms in total. The van der Waals surface area contributed by atoms with Gasteiger partial charge in [-0.2, -0.15) is 10.1 Å². The Morgan fingerprint density at radius 3 is 2.78 bits per heavy atom. The highest BCUT2D eigenvalue weighted by Crippen LogP contribution is 2.28. The average molecular weight is 245 g/mol. The normalized spacial score (nSPS) is 20.6. The largest absolute Gasteiger partial charge is 0.446 e. The zero-order valence-electron chi connectivity index (χ0n) is 9.79. The molecule has 3 rings (SSSR count). The molecule has 0 bridgehead atoms. The van der Waals surface area contributed by atoms with Crippen molar-refractivity contribution in [3.05, 3.63) is 29.8 Å². The molecule has 6 heteroatoms. The lowest BCUT2D eigenvalue weighted by Gasteiger charge is -2.08. The van der Waals surface area contributed by atoms with Crippen molar-refractivity contribution in [3.8, 4) is 0 Å². The van der Waals surface area contributed by atoms with Gasteiger partial charge in [-0.1, -0.05) is 18.2 Å². The fourth-order valence-electron chi connectivity index (χ4n) is 2.04. The molecule has 2 aliphatic rings. The molecule has 1 aromatic carbocycles. The zero-order chi connectivity index (χ0) is 12.7. The van der Waals surface area contributed by atoms with Crippen molar-refractivity contribution in [1.82, 2.24) is 5.01 Å². The number of hydrazone groups is 1. The van der Waals surface area contributed by atoms with E-state index in [0.29, 0.717) is 13.2 Å². The molecule has 0 atom stereocenters. The van der Waals surface area contributed by atoms with E-state index in [4.69, 9.17) is 4.74 Å². The van der Waals surface area contributed by atoms with Gasteiger partial charge in [-0.05, 0) is 6.07 Å². The maximum atomic E-state index is 12.1. The van der Waals surface area contributed by atoms with E-state index in [1.54, 1.807) is 7.05 Å². The van der Waals surface area contributed by atoms with E-state index in [1.807, 2.05) is 24.3 Å². The predicted molar refractivity (Wildman–Crippen MR) is 64.4 cm³/mol. The molecule has 0 saturated carbocycles. The van der Waals surface area contributed by atoms with Gasteiger partial charge in [-0.15, -0.1) is 0 Å². The summed E-state index contributed by atoms with van der Waals surface area (Å²) in [5.74, 6) is -0.212. The van der Waals surface area contributed by atoms with Crippen molar-refractivity contribution < 1.29 is 14.3 Å². The molecule has 2 amide bonds. The Balaban J connectivity index is 2.05. The second-order valence-corrected chi connectivity index (χ2v) is 4.07. The Bertz CT molecular complexity index is 567. The van der Waals surface area contributed by atoms with Crippen LogP contribution in [-0.2, 0) is 9.53 Å². The van der Waals surface area contributed by atoms with E-state index in [0.717, 1.165) is 11.3 Å². The molecule has 1 fully saturated rings. The summed E-state index contributed by atoms with van der Waals surface area (Å²) in [6.45, 7) is 0.683. The van der Waals surface area contributed by atoms with Crippen molar-refractivity contribution in [2.75, 3.05) is 25.1 Å². The number of amides is 2. The third-order valence-corrected chi connectivity index (χ3v) is 2.99. The van der Waals surface area contributed by atoms with Crippen LogP contribution in [0, 0.1) is 0 Å². The molecule has 1 saturated heterocycles. The number of para-hydroxylation sites is 1. The van der Waals surface area contributed by atoms with Crippen LogP contribution in [0.2, 0.25) is 0 Å². The van der Waals surface area contributed by atoms with E-state index in [9.17, 15) is 9.59 Å². The van der Waals surface area contributed by atoms with Crippen molar-refractivity contribution in [3.63, 3.8) is 0 Å². The van der Waals surface area contributed by atoms with Gasteiger partial charge in [0.15, 0.2) is 5.71 Å². The van der Waals surface area contributed by atoms with Gasteiger partial charge in [0, 0.05) is 12.6 Å². The number of cyclic esters (lactones) is 1. The van der Waals surface area contributed by atoms with Gasteiger partial charge in [-0.3, -0.25) is 4.79 Å². The quantitative estimate of drug-likeness (QED) is 0.735. The summed E-state index contributed by atoms with van der Waals surface area (Å²) in [5, 5.41) is 5.30. The SMILES string of the molecule is CN1C(=O)/C(=N\N2CCOC2=O)c2ccccc21. The number of hydrogen-bond donors (Lipinski definition) is 0. The summed E-state index contributed by atoms with van der Waals surface area (Å²) in [7, 11) is 1.69. The highest BCUT2D eigenvalue weighted by molar-refractivity contribution is 6.54. The van der Waals surface area contributed by atoms with E-state index in [2.05, 4.69) is 5.10 Å². The zero-order valence-corrected chi connectivity index (χ0v) is 9.79. The number of hydrogen-bond acceptors (Lipinski definition) is 4. The first kappa shape index (κ1) is 10.8. The summed E-state index contributed by atoms with van der Waals surface area (Å²) in [4.78, 5) is 24.9. The topological polar surface area (TPSA) is 62.2 Å². The van der Waals surface area contributed by atoms with E-state index >= 15 is 0 Å². The number of benzene rings is 1. The van der Waals surface area contributed by atoms with Crippen LogP contribution < -0.4 is 4.90 Å². The van der Waals surface area contributed by atoms with Crippen LogP contribution in [0.15, 0.2) is 29.4 Å². The lowest BCUT2D eigenvalue weighted by molar-refractivity contribution is -0.112. The number of likely N-dealkylation sites (N-methyl/N-ethyl adjacent to an activating group) is 1. The fraction of sp³-hybridized carbons (Fsp3) is 0.250. The molecule has 2 heterocycles. The van der Waals surface area contributed by atoms with Crippen molar-refractivity contribution in [2.45, 2.75) is 0 Å². The summed E-state index contributed by atoms with van der Waals surface area (Å²) in [5.41, 5.74) is 1.82. The summed E-state index contributed by atoms with van der Waals surface area (Å²) in [6, 6.07) is 7.35. The Labute approximate surface area is 103 Å². The lowest BCUT2D eigenvalue weighted by atomic mass is 10.1. The number of carbonyl (C=O) groups is 2. The number of rotatable bonds is 1. The van der Waals surface area contributed by atoms with E-state index in [1.165, 1.54) is 9.91 Å². The maximum Gasteiger partial charge on any atom is 0.430 e. The summed E-state index contributed by atoms with van der Waals surface area (Å²) in [6.07, 6.45) is -0.512. The first-order valence-electron chi connectivity index (χ1n) is 5.59. The Hall–Kier alpha value is -2.37. The van der Waals surface area contributed by atoms with Crippen LogP contribution in [0.1, 0.15) is 5.56 Å². The van der Waals surface area contributed by atoms with Crippen molar-refractivity contribution in [1.29, 1.82) is 0 Å². The molecule has 0 aliphatic carbocycles. The van der Waals surface area contributed by atoms with Crippen LogP contribution in [-0.4, -0.2) is 42.9 Å². The second kappa shape index (κ2) is 3.83. The minimum atomic E-state index is -0.512. The Kier molecular flexibility index (Phi) is 2.29. The number of fused-ring (bicyclic) bond motifs is 1. The van der Waals surface area contributed by atoms with Gasteiger partial charge in [0.2, 0.25) is 0 Å². The molecule has 0 spiro atoms. The molecule has 0 N–H and O–H groups in total. The first-order chi connectivity index (χ1) is 8.68. The van der Waals surface area contributed by atoms with Gasteiger partial charge in [0.25, 0.3) is 5.91 Å². The molecule has 2 aliphatic heterocycles. The number of ether oxygens (including phenoxy) is 1. The molecular formula is C12H11N3O3. The van der Waals surface area contributed by atoms with Crippen LogP contribution in [0.5, 0.6) is 0 Å². The van der Waals surface area contributed by atoms with E-state index < -0.39 is 6.09 Å². The van der Waals surface area contributed by atoms with Gasteiger partial charge in [0.05, 0.1) is 12.2 Å².